The Labute approximate surface area is 369 Å². The van der Waals surface area contributed by atoms with Crippen molar-refractivity contribution in [2.24, 2.45) is 0 Å². The molecule has 0 unspecified atom stereocenters. The molecular weight excluding hydrogens is 803 g/mol. The SMILES string of the molecule is c1ccc(-c2ccc3c(c2)oc2c(-n4c5ccccc5c5c4ccc4c6ccccc6n(-c6nc(-c7ccccc7)nc(-c7ccc8c(c7)sc7ccccc78)n6)c45)cccc23)cc1. The minimum Gasteiger partial charge on any atom is -0.454 e. The van der Waals surface area contributed by atoms with E-state index in [9.17, 15) is 0 Å². The molecule has 14 rings (SSSR count). The van der Waals surface area contributed by atoms with Gasteiger partial charge in [0.15, 0.2) is 17.2 Å². The first-order valence-electron chi connectivity index (χ1n) is 21.4. The number of aromatic nitrogens is 5. The molecule has 298 valence electrons. The lowest BCUT2D eigenvalue weighted by atomic mass is 10.0. The van der Waals surface area contributed by atoms with Gasteiger partial charge in [-0.3, -0.25) is 4.57 Å². The molecule has 0 radical (unpaired) electrons. The van der Waals surface area contributed by atoms with Crippen LogP contribution in [0, 0.1) is 0 Å². The molecule has 0 saturated heterocycles. The Kier molecular flexibility index (Phi) is 7.46. The van der Waals surface area contributed by atoms with Gasteiger partial charge in [0, 0.05) is 63.6 Å². The van der Waals surface area contributed by atoms with E-state index in [2.05, 4.69) is 185 Å². The van der Waals surface area contributed by atoms with E-state index in [0.29, 0.717) is 17.6 Å². The van der Waals surface area contributed by atoms with Crippen molar-refractivity contribution in [1.82, 2.24) is 24.1 Å². The van der Waals surface area contributed by atoms with Crippen molar-refractivity contribution < 1.29 is 4.42 Å². The fourth-order valence-corrected chi connectivity index (χ4v) is 11.1. The van der Waals surface area contributed by atoms with E-state index in [1.807, 2.05) is 24.3 Å². The van der Waals surface area contributed by atoms with Crippen LogP contribution in [-0.4, -0.2) is 24.1 Å². The van der Waals surface area contributed by atoms with Crippen molar-refractivity contribution in [2.75, 3.05) is 0 Å². The Bertz CT molecular complexity index is 4200. The van der Waals surface area contributed by atoms with Gasteiger partial charge < -0.3 is 8.98 Å². The normalized spacial score (nSPS) is 12.1. The van der Waals surface area contributed by atoms with Crippen LogP contribution in [0.3, 0.4) is 0 Å². The highest BCUT2D eigenvalue weighted by atomic mass is 32.1. The summed E-state index contributed by atoms with van der Waals surface area (Å²) >= 11 is 1.80. The number of benzene rings is 9. The van der Waals surface area contributed by atoms with Crippen LogP contribution in [0.25, 0.3) is 131 Å². The number of para-hydroxylation sites is 3. The zero-order chi connectivity index (χ0) is 41.9. The molecular formula is C57H33N5OS. The number of fused-ring (bicyclic) bond motifs is 13. The Morgan fingerprint density at radius 3 is 1.83 bits per heavy atom. The first kappa shape index (κ1) is 35.2. The van der Waals surface area contributed by atoms with Gasteiger partial charge in [-0.15, -0.1) is 11.3 Å². The minimum absolute atomic E-state index is 0.560. The number of hydrogen-bond donors (Lipinski definition) is 0. The smallest absolute Gasteiger partial charge is 0.238 e. The summed E-state index contributed by atoms with van der Waals surface area (Å²) in [6.07, 6.45) is 0. The van der Waals surface area contributed by atoms with Gasteiger partial charge in [-0.05, 0) is 59.7 Å². The average molecular weight is 836 g/mol. The summed E-state index contributed by atoms with van der Waals surface area (Å²) in [5.41, 5.74) is 11.0. The molecule has 0 aliphatic heterocycles. The maximum absolute atomic E-state index is 6.90. The molecule has 9 aromatic carbocycles. The van der Waals surface area contributed by atoms with Crippen LogP contribution in [0.1, 0.15) is 0 Å². The minimum atomic E-state index is 0.560. The van der Waals surface area contributed by atoms with Crippen molar-refractivity contribution in [2.45, 2.75) is 0 Å². The summed E-state index contributed by atoms with van der Waals surface area (Å²) in [4.78, 5) is 15.9. The zero-order valence-electron chi connectivity index (χ0n) is 34.1. The second-order valence-corrected chi connectivity index (χ2v) is 17.4. The number of thiophene rings is 1. The van der Waals surface area contributed by atoms with Crippen LogP contribution in [0.4, 0.5) is 0 Å². The lowest BCUT2D eigenvalue weighted by molar-refractivity contribution is 0.666. The second kappa shape index (κ2) is 13.6. The lowest BCUT2D eigenvalue weighted by Gasteiger charge is -2.12. The average Bonchev–Trinajstić information content (AvgIpc) is 4.11. The highest BCUT2D eigenvalue weighted by Gasteiger charge is 2.25. The van der Waals surface area contributed by atoms with Crippen molar-refractivity contribution in [1.29, 1.82) is 0 Å². The van der Waals surface area contributed by atoms with E-state index in [-0.39, 0.29) is 0 Å². The first-order chi connectivity index (χ1) is 31.7. The largest absolute Gasteiger partial charge is 0.454 e. The van der Waals surface area contributed by atoms with Gasteiger partial charge in [0.2, 0.25) is 5.95 Å². The molecule has 5 heterocycles. The Morgan fingerprint density at radius 2 is 1.00 bits per heavy atom. The van der Waals surface area contributed by atoms with Crippen LogP contribution < -0.4 is 0 Å². The molecule has 0 aliphatic carbocycles. The predicted molar refractivity (Wildman–Crippen MR) is 265 cm³/mol. The van der Waals surface area contributed by atoms with Crippen molar-refractivity contribution >= 4 is 97.1 Å². The van der Waals surface area contributed by atoms with E-state index in [1.54, 1.807) is 11.3 Å². The molecule has 6 nitrogen and oxygen atoms in total. The molecule has 0 atom stereocenters. The van der Waals surface area contributed by atoms with E-state index in [0.717, 1.165) is 93.5 Å². The maximum Gasteiger partial charge on any atom is 0.238 e. The summed E-state index contributed by atoms with van der Waals surface area (Å²) in [5, 5.41) is 9.14. The van der Waals surface area contributed by atoms with Crippen molar-refractivity contribution in [3.63, 3.8) is 0 Å². The van der Waals surface area contributed by atoms with Crippen molar-refractivity contribution in [3.05, 3.63) is 200 Å². The topological polar surface area (TPSA) is 61.7 Å². The summed E-state index contributed by atoms with van der Waals surface area (Å²) in [7, 11) is 0. The fraction of sp³-hybridized carbons (Fsp3) is 0. The molecule has 0 saturated carbocycles. The molecule has 0 aliphatic rings. The molecule has 5 aromatic heterocycles. The molecule has 14 aromatic rings. The summed E-state index contributed by atoms with van der Waals surface area (Å²) < 4.78 is 14.0. The number of nitrogens with zero attached hydrogens (tertiary/aromatic N) is 5. The Hall–Kier alpha value is -8.39. The molecule has 0 amide bonds. The second-order valence-electron chi connectivity index (χ2n) is 16.4. The quantitative estimate of drug-likeness (QED) is 0.173. The molecule has 0 fully saturated rings. The van der Waals surface area contributed by atoms with Gasteiger partial charge in [-0.25, -0.2) is 4.98 Å². The Morgan fingerprint density at radius 1 is 0.375 bits per heavy atom. The number of hydrogen-bond acceptors (Lipinski definition) is 5. The van der Waals surface area contributed by atoms with E-state index >= 15 is 0 Å². The lowest BCUT2D eigenvalue weighted by Crippen LogP contribution is -2.06. The highest BCUT2D eigenvalue weighted by Crippen LogP contribution is 2.44. The summed E-state index contributed by atoms with van der Waals surface area (Å²) in [5.74, 6) is 1.80. The standard InChI is InChI=1S/C57H33N5OS/c1-3-14-34(15-4-1)36-26-28-39-43-21-13-24-48(54(43)63-49(39)32-36)61-46-23-11-8-20-44(46)52-47(61)31-30-42-38-18-7-10-22-45(38)62(53(42)52)57-59-55(35-16-5-2-6-17-35)58-56(60-57)37-27-29-41-40-19-9-12-25-50(40)64-51(41)33-37/h1-33H. The third kappa shape index (κ3) is 5.16. The van der Waals surface area contributed by atoms with Gasteiger partial charge in [-0.1, -0.05) is 152 Å². The number of furan rings is 1. The maximum atomic E-state index is 6.90. The summed E-state index contributed by atoms with van der Waals surface area (Å²) in [6.45, 7) is 0. The zero-order valence-corrected chi connectivity index (χ0v) is 34.9. The summed E-state index contributed by atoms with van der Waals surface area (Å²) in [6, 6.07) is 70.7. The van der Waals surface area contributed by atoms with Crippen LogP contribution in [0.2, 0.25) is 0 Å². The number of rotatable bonds is 5. The monoisotopic (exact) mass is 835 g/mol. The van der Waals surface area contributed by atoms with Crippen LogP contribution in [0.15, 0.2) is 205 Å². The molecule has 7 heteroatoms. The van der Waals surface area contributed by atoms with E-state index < -0.39 is 0 Å². The van der Waals surface area contributed by atoms with Gasteiger partial charge >= 0.3 is 0 Å². The van der Waals surface area contributed by atoms with Crippen LogP contribution in [-0.2, 0) is 0 Å². The van der Waals surface area contributed by atoms with E-state index in [1.165, 1.54) is 20.2 Å². The first-order valence-corrected chi connectivity index (χ1v) is 22.3. The van der Waals surface area contributed by atoms with Gasteiger partial charge in [0.05, 0.1) is 27.8 Å². The van der Waals surface area contributed by atoms with Gasteiger partial charge in [-0.2, -0.15) is 9.97 Å². The van der Waals surface area contributed by atoms with Crippen LogP contribution >= 0.6 is 11.3 Å². The van der Waals surface area contributed by atoms with Gasteiger partial charge in [0.25, 0.3) is 0 Å². The van der Waals surface area contributed by atoms with E-state index in [4.69, 9.17) is 19.4 Å². The van der Waals surface area contributed by atoms with Gasteiger partial charge in [0.1, 0.15) is 5.58 Å². The van der Waals surface area contributed by atoms with Crippen LogP contribution in [0.5, 0.6) is 0 Å². The highest BCUT2D eigenvalue weighted by molar-refractivity contribution is 7.25. The third-order valence-electron chi connectivity index (χ3n) is 12.8. The molecule has 64 heavy (non-hydrogen) atoms. The Balaban J connectivity index is 1.05. The molecule has 0 N–H and O–H groups in total. The van der Waals surface area contributed by atoms with Crippen molar-refractivity contribution in [3.8, 4) is 45.5 Å². The molecule has 0 spiro atoms. The predicted octanol–water partition coefficient (Wildman–Crippen LogP) is 15.3. The third-order valence-corrected chi connectivity index (χ3v) is 13.9. The molecule has 0 bridgehead atoms. The fourth-order valence-electron chi connectivity index (χ4n) is 9.92.